The number of likely N-dealkylation sites (N-methyl/N-ethyl adjacent to an activating group) is 1. The zero-order valence-corrected chi connectivity index (χ0v) is 19.8. The number of amides is 1. The molecule has 1 N–H and O–H groups in total. The van der Waals surface area contributed by atoms with E-state index in [0.717, 1.165) is 9.87 Å². The van der Waals surface area contributed by atoms with Crippen molar-refractivity contribution in [2.45, 2.75) is 25.7 Å². The van der Waals surface area contributed by atoms with Gasteiger partial charge in [-0.3, -0.25) is 4.79 Å². The van der Waals surface area contributed by atoms with Gasteiger partial charge in [-0.2, -0.15) is 4.31 Å². The van der Waals surface area contributed by atoms with Gasteiger partial charge in [-0.25, -0.2) is 8.42 Å². The molecule has 0 aliphatic heterocycles. The average Bonchev–Trinajstić information content (AvgIpc) is 2.80. The summed E-state index contributed by atoms with van der Waals surface area (Å²) in [4.78, 5) is 12.7. The molecule has 0 atom stereocenters. The third-order valence-electron chi connectivity index (χ3n) is 4.87. The fraction of sp³-hybridized carbons (Fsp3) is 0.240. The van der Waals surface area contributed by atoms with E-state index in [4.69, 9.17) is 9.47 Å². The molecule has 0 spiro atoms. The highest BCUT2D eigenvalue weighted by molar-refractivity contribution is 7.89. The molecule has 33 heavy (non-hydrogen) atoms. The van der Waals surface area contributed by atoms with Crippen LogP contribution in [0.2, 0.25) is 0 Å². The molecule has 0 aromatic heterocycles. The van der Waals surface area contributed by atoms with E-state index in [0.29, 0.717) is 29.5 Å². The maximum atomic E-state index is 13.1. The molecule has 0 aliphatic rings. The Bertz CT molecular complexity index is 1180. The van der Waals surface area contributed by atoms with Crippen molar-refractivity contribution < 1.29 is 22.7 Å². The van der Waals surface area contributed by atoms with E-state index in [1.54, 1.807) is 50.2 Å². The summed E-state index contributed by atoms with van der Waals surface area (Å²) in [6.45, 7) is 5.71. The van der Waals surface area contributed by atoms with Gasteiger partial charge in [0.2, 0.25) is 15.9 Å². The third-order valence-corrected chi connectivity index (χ3v) is 6.79. The summed E-state index contributed by atoms with van der Waals surface area (Å²) in [5.74, 6) is 1.54. The van der Waals surface area contributed by atoms with Crippen LogP contribution < -0.4 is 14.8 Å². The maximum Gasteiger partial charge on any atom is 0.243 e. The van der Waals surface area contributed by atoms with Crippen LogP contribution in [0.5, 0.6) is 17.2 Å². The first-order chi connectivity index (χ1) is 15.8. The van der Waals surface area contributed by atoms with Crippen molar-refractivity contribution >= 4 is 21.6 Å². The van der Waals surface area contributed by atoms with Gasteiger partial charge in [-0.15, -0.1) is 0 Å². The largest absolute Gasteiger partial charge is 0.494 e. The monoisotopic (exact) mass is 468 g/mol. The van der Waals surface area contributed by atoms with Gasteiger partial charge in [0.25, 0.3) is 0 Å². The number of anilines is 1. The van der Waals surface area contributed by atoms with E-state index in [2.05, 4.69) is 5.32 Å². The summed E-state index contributed by atoms with van der Waals surface area (Å²) in [5.41, 5.74) is 1.27. The highest BCUT2D eigenvalue weighted by Crippen LogP contribution is 2.25. The minimum Gasteiger partial charge on any atom is -0.494 e. The Hall–Kier alpha value is -3.36. The fourth-order valence-corrected chi connectivity index (χ4v) is 4.70. The number of hydrogen-bond donors (Lipinski definition) is 1. The number of hydrogen-bond acceptors (Lipinski definition) is 5. The van der Waals surface area contributed by atoms with Crippen molar-refractivity contribution in [3.05, 3.63) is 78.4 Å². The molecule has 0 saturated heterocycles. The Kier molecular flexibility index (Phi) is 8.08. The van der Waals surface area contributed by atoms with Crippen LogP contribution in [-0.4, -0.2) is 38.3 Å². The number of carbonyl (C=O) groups is 1. The van der Waals surface area contributed by atoms with E-state index in [9.17, 15) is 13.2 Å². The Morgan fingerprint density at radius 1 is 0.939 bits per heavy atom. The lowest BCUT2D eigenvalue weighted by Gasteiger charge is -2.21. The molecule has 1 amide bonds. The minimum atomic E-state index is -3.84. The van der Waals surface area contributed by atoms with Crippen LogP contribution in [0.1, 0.15) is 19.4 Å². The Morgan fingerprint density at radius 3 is 2.21 bits per heavy atom. The molecule has 3 aromatic rings. The lowest BCUT2D eigenvalue weighted by atomic mass is 10.2. The van der Waals surface area contributed by atoms with Crippen molar-refractivity contribution in [3.63, 3.8) is 0 Å². The Balaban J connectivity index is 1.65. The van der Waals surface area contributed by atoms with Crippen molar-refractivity contribution in [1.29, 1.82) is 0 Å². The summed E-state index contributed by atoms with van der Waals surface area (Å²) in [5, 5.41) is 2.74. The summed E-state index contributed by atoms with van der Waals surface area (Å²) in [6.07, 6.45) is 0. The van der Waals surface area contributed by atoms with Crippen LogP contribution in [0, 0.1) is 6.92 Å². The van der Waals surface area contributed by atoms with Gasteiger partial charge >= 0.3 is 0 Å². The third kappa shape index (κ3) is 6.34. The summed E-state index contributed by atoms with van der Waals surface area (Å²) < 4.78 is 38.5. The maximum absolute atomic E-state index is 13.1. The van der Waals surface area contributed by atoms with E-state index in [1.807, 2.05) is 37.3 Å². The molecule has 0 saturated carbocycles. The molecular weight excluding hydrogens is 440 g/mol. The zero-order valence-electron chi connectivity index (χ0n) is 18.9. The number of carbonyl (C=O) groups excluding carboxylic acids is 1. The lowest BCUT2D eigenvalue weighted by molar-refractivity contribution is -0.116. The first-order valence-electron chi connectivity index (χ1n) is 10.7. The number of sulfonamides is 1. The lowest BCUT2D eigenvalue weighted by Crippen LogP contribution is -2.37. The van der Waals surface area contributed by atoms with Crippen molar-refractivity contribution in [1.82, 2.24) is 4.31 Å². The second-order valence-electron chi connectivity index (χ2n) is 7.28. The van der Waals surface area contributed by atoms with Gasteiger partial charge in [-0.1, -0.05) is 25.1 Å². The second kappa shape index (κ2) is 11.0. The van der Waals surface area contributed by atoms with Crippen LogP contribution in [-0.2, 0) is 14.8 Å². The molecular formula is C25H28N2O5S. The minimum absolute atomic E-state index is 0.125. The number of nitrogens with one attached hydrogen (secondary N) is 1. The predicted octanol–water partition coefficient (Wildman–Crippen LogP) is 4.84. The van der Waals surface area contributed by atoms with Gasteiger partial charge in [0.05, 0.1) is 18.0 Å². The van der Waals surface area contributed by atoms with E-state index >= 15 is 0 Å². The average molecular weight is 469 g/mol. The smallest absolute Gasteiger partial charge is 0.243 e. The first-order valence-corrected chi connectivity index (χ1v) is 12.1. The van der Waals surface area contributed by atoms with Crippen molar-refractivity contribution in [3.8, 4) is 17.2 Å². The Labute approximate surface area is 195 Å². The van der Waals surface area contributed by atoms with Crippen LogP contribution >= 0.6 is 0 Å². The van der Waals surface area contributed by atoms with Crippen molar-refractivity contribution in [2.24, 2.45) is 0 Å². The van der Waals surface area contributed by atoms with E-state index in [-0.39, 0.29) is 18.0 Å². The van der Waals surface area contributed by atoms with Crippen LogP contribution in [0.25, 0.3) is 0 Å². The van der Waals surface area contributed by atoms with Crippen LogP contribution in [0.4, 0.5) is 5.69 Å². The molecule has 0 fully saturated rings. The summed E-state index contributed by atoms with van der Waals surface area (Å²) in [6, 6.07) is 20.9. The first kappa shape index (κ1) is 24.3. The second-order valence-corrected chi connectivity index (χ2v) is 9.22. The van der Waals surface area contributed by atoms with Gasteiger partial charge in [0.15, 0.2) is 0 Å². The molecule has 3 aromatic carbocycles. The number of aryl methyl sites for hydroxylation is 1. The normalized spacial score (nSPS) is 11.3. The van der Waals surface area contributed by atoms with E-state index in [1.165, 1.54) is 6.07 Å². The standard InChI is InChI=1S/C25H28N2O5S/c1-4-27(33(29,30)23-15-16-24(31-5-2)19(3)17-23)18-25(28)26-20-11-13-22(14-12-20)32-21-9-7-6-8-10-21/h6-17H,4-5,18H2,1-3H3,(H,26,28). The highest BCUT2D eigenvalue weighted by Gasteiger charge is 2.26. The Morgan fingerprint density at radius 2 is 1.61 bits per heavy atom. The predicted molar refractivity (Wildman–Crippen MR) is 128 cm³/mol. The van der Waals surface area contributed by atoms with E-state index < -0.39 is 15.9 Å². The molecule has 0 aliphatic carbocycles. The molecule has 0 heterocycles. The molecule has 174 valence electrons. The number of rotatable bonds is 10. The van der Waals surface area contributed by atoms with Crippen LogP contribution in [0.15, 0.2) is 77.7 Å². The molecule has 0 radical (unpaired) electrons. The summed E-state index contributed by atoms with van der Waals surface area (Å²) >= 11 is 0. The number of ether oxygens (including phenoxy) is 2. The molecule has 3 rings (SSSR count). The molecule has 0 bridgehead atoms. The van der Waals surface area contributed by atoms with Gasteiger partial charge in [0, 0.05) is 12.2 Å². The highest BCUT2D eigenvalue weighted by atomic mass is 32.2. The zero-order chi connectivity index (χ0) is 23.8. The molecule has 0 unspecified atom stereocenters. The fourth-order valence-electron chi connectivity index (χ4n) is 3.21. The van der Waals surface area contributed by atoms with Gasteiger partial charge in [-0.05, 0) is 74.0 Å². The molecule has 7 nitrogen and oxygen atoms in total. The van der Waals surface area contributed by atoms with Gasteiger partial charge < -0.3 is 14.8 Å². The number of para-hydroxylation sites is 1. The number of benzene rings is 3. The SMILES string of the molecule is CCOc1ccc(S(=O)(=O)N(CC)CC(=O)Nc2ccc(Oc3ccccc3)cc2)cc1C. The molecule has 8 heteroatoms. The number of nitrogens with zero attached hydrogens (tertiary/aromatic N) is 1. The van der Waals surface area contributed by atoms with Crippen LogP contribution in [0.3, 0.4) is 0 Å². The van der Waals surface area contributed by atoms with Gasteiger partial charge in [0.1, 0.15) is 17.2 Å². The van der Waals surface area contributed by atoms with Crippen molar-refractivity contribution in [2.75, 3.05) is 25.0 Å². The summed E-state index contributed by atoms with van der Waals surface area (Å²) in [7, 11) is -3.84. The quantitative estimate of drug-likeness (QED) is 0.460. The topological polar surface area (TPSA) is 84.9 Å².